The molecule has 184 valence electrons. The molecule has 0 aliphatic carbocycles. The SMILES string of the molecule is C[C@@H](c1ccc2nnc(-c3ccc4cccc(C(C)(C)C)c4n3)n2c1)N1CCC(N)C1.Cl.Cl.Cl. The van der Waals surface area contributed by atoms with E-state index in [1.807, 2.05) is 12.1 Å². The molecule has 0 saturated carbocycles. The van der Waals surface area contributed by atoms with Gasteiger partial charge in [-0.05, 0) is 42.0 Å². The first-order chi connectivity index (χ1) is 14.8. The van der Waals surface area contributed by atoms with Gasteiger partial charge in [-0.3, -0.25) is 9.30 Å². The van der Waals surface area contributed by atoms with Gasteiger partial charge in [0.2, 0.25) is 0 Å². The highest BCUT2D eigenvalue weighted by atomic mass is 35.5. The zero-order chi connectivity index (χ0) is 21.8. The molecule has 1 aromatic carbocycles. The van der Waals surface area contributed by atoms with Crippen molar-refractivity contribution in [1.29, 1.82) is 0 Å². The van der Waals surface area contributed by atoms with Crippen LogP contribution in [-0.2, 0) is 5.41 Å². The van der Waals surface area contributed by atoms with E-state index in [0.717, 1.165) is 47.6 Å². The van der Waals surface area contributed by atoms with E-state index < -0.39 is 0 Å². The van der Waals surface area contributed by atoms with Gasteiger partial charge in [0.15, 0.2) is 11.5 Å². The molecule has 5 rings (SSSR count). The fourth-order valence-electron chi connectivity index (χ4n) is 4.58. The number of aromatic nitrogens is 4. The zero-order valence-electron chi connectivity index (χ0n) is 19.9. The third-order valence-electron chi connectivity index (χ3n) is 6.47. The number of pyridine rings is 2. The van der Waals surface area contributed by atoms with E-state index in [4.69, 9.17) is 10.7 Å². The molecule has 2 atom stereocenters. The van der Waals surface area contributed by atoms with Crippen molar-refractivity contribution in [2.45, 2.75) is 51.6 Å². The minimum Gasteiger partial charge on any atom is -0.326 e. The summed E-state index contributed by atoms with van der Waals surface area (Å²) in [4.78, 5) is 7.49. The van der Waals surface area contributed by atoms with Gasteiger partial charge in [-0.2, -0.15) is 0 Å². The van der Waals surface area contributed by atoms with E-state index in [9.17, 15) is 0 Å². The van der Waals surface area contributed by atoms with Crippen molar-refractivity contribution in [2.24, 2.45) is 5.73 Å². The molecule has 1 aliphatic heterocycles. The van der Waals surface area contributed by atoms with Crippen molar-refractivity contribution in [3.63, 3.8) is 0 Å². The highest BCUT2D eigenvalue weighted by molar-refractivity contribution is 5.86. The Morgan fingerprint density at radius 1 is 1.00 bits per heavy atom. The number of hydrogen-bond acceptors (Lipinski definition) is 5. The number of rotatable bonds is 3. The lowest BCUT2D eigenvalue weighted by Gasteiger charge is -2.24. The molecule has 6 nitrogen and oxygen atoms in total. The summed E-state index contributed by atoms with van der Waals surface area (Å²) < 4.78 is 2.07. The van der Waals surface area contributed by atoms with Gasteiger partial charge in [0, 0.05) is 36.8 Å². The molecule has 0 spiro atoms. The minimum absolute atomic E-state index is 0. The predicted octanol–water partition coefficient (Wildman–Crippen LogP) is 5.60. The van der Waals surface area contributed by atoms with Gasteiger partial charge in [0.05, 0.1) is 5.52 Å². The second-order valence-electron chi connectivity index (χ2n) is 9.76. The van der Waals surface area contributed by atoms with Crippen LogP contribution in [0, 0.1) is 0 Å². The Hall–Kier alpha value is -1.96. The van der Waals surface area contributed by atoms with Gasteiger partial charge in [0.1, 0.15) is 5.69 Å². The first kappa shape index (κ1) is 28.3. The van der Waals surface area contributed by atoms with Gasteiger partial charge in [0.25, 0.3) is 0 Å². The summed E-state index contributed by atoms with van der Waals surface area (Å²) in [6.07, 6.45) is 3.21. The average molecular weight is 524 g/mol. The van der Waals surface area contributed by atoms with E-state index in [1.165, 1.54) is 11.1 Å². The molecule has 3 aromatic heterocycles. The summed E-state index contributed by atoms with van der Waals surface area (Å²) >= 11 is 0. The van der Waals surface area contributed by atoms with Crippen LogP contribution in [0.1, 0.15) is 51.3 Å². The van der Waals surface area contributed by atoms with Crippen molar-refractivity contribution in [3.8, 4) is 11.5 Å². The monoisotopic (exact) mass is 522 g/mol. The average Bonchev–Trinajstić information content (AvgIpc) is 3.37. The summed E-state index contributed by atoms with van der Waals surface area (Å²) in [7, 11) is 0. The molecule has 1 unspecified atom stereocenters. The number of likely N-dealkylation sites (tertiary alicyclic amines) is 1. The summed E-state index contributed by atoms with van der Waals surface area (Å²) in [5.74, 6) is 0.771. The fraction of sp³-hybridized carbons (Fsp3) is 0.400. The summed E-state index contributed by atoms with van der Waals surface area (Å²) in [5, 5.41) is 10.0. The number of hydrogen-bond donors (Lipinski definition) is 1. The Morgan fingerprint density at radius 2 is 1.76 bits per heavy atom. The maximum absolute atomic E-state index is 6.13. The Kier molecular flexibility index (Phi) is 8.94. The molecule has 1 saturated heterocycles. The van der Waals surface area contributed by atoms with Gasteiger partial charge < -0.3 is 5.73 Å². The quantitative estimate of drug-likeness (QED) is 0.378. The van der Waals surface area contributed by atoms with Crippen LogP contribution in [0.4, 0.5) is 0 Å². The molecule has 0 bridgehead atoms. The second-order valence-corrected chi connectivity index (χ2v) is 9.76. The molecule has 4 heterocycles. The molecule has 1 fully saturated rings. The summed E-state index contributed by atoms with van der Waals surface area (Å²) in [6.45, 7) is 10.9. The Morgan fingerprint density at radius 3 is 2.44 bits per heavy atom. The van der Waals surface area contributed by atoms with E-state index >= 15 is 0 Å². The Balaban J connectivity index is 0.00000136. The molecular formula is C25H33Cl3N6. The maximum atomic E-state index is 6.13. The highest BCUT2D eigenvalue weighted by Crippen LogP contribution is 2.31. The van der Waals surface area contributed by atoms with Crippen molar-refractivity contribution in [2.75, 3.05) is 13.1 Å². The van der Waals surface area contributed by atoms with Crippen LogP contribution in [0.5, 0.6) is 0 Å². The molecule has 1 aliphatic rings. The second kappa shape index (κ2) is 10.8. The molecule has 4 aromatic rings. The van der Waals surface area contributed by atoms with Crippen LogP contribution in [0.3, 0.4) is 0 Å². The first-order valence-electron chi connectivity index (χ1n) is 11.1. The standard InChI is InChI=1S/C25H30N6.3ClH/c1-16(30-13-12-19(26)15-30)18-9-11-22-28-29-24(31(22)14-18)21-10-8-17-6-5-7-20(23(17)27-21)25(2,3)4;;;/h5-11,14,16,19H,12-13,15,26H2,1-4H3;3*1H/t16-,19?;;;/m0.../s1. The normalized spacial score (nSPS) is 17.1. The van der Waals surface area contributed by atoms with Crippen molar-refractivity contribution in [1.82, 2.24) is 24.5 Å². The van der Waals surface area contributed by atoms with E-state index in [-0.39, 0.29) is 48.7 Å². The lowest BCUT2D eigenvalue weighted by atomic mass is 9.85. The lowest BCUT2D eigenvalue weighted by molar-refractivity contribution is 0.259. The first-order valence-corrected chi connectivity index (χ1v) is 11.1. The summed E-state index contributed by atoms with van der Waals surface area (Å²) in [5.41, 5.74) is 11.3. The largest absolute Gasteiger partial charge is 0.326 e. The molecular weight excluding hydrogens is 491 g/mol. The number of nitrogens with zero attached hydrogens (tertiary/aromatic N) is 5. The molecule has 2 N–H and O–H groups in total. The third kappa shape index (κ3) is 5.16. The van der Waals surface area contributed by atoms with Gasteiger partial charge in [-0.15, -0.1) is 47.4 Å². The van der Waals surface area contributed by atoms with Crippen molar-refractivity contribution < 1.29 is 0 Å². The maximum Gasteiger partial charge on any atom is 0.187 e. The van der Waals surface area contributed by atoms with Crippen LogP contribution in [-0.4, -0.2) is 43.6 Å². The van der Waals surface area contributed by atoms with E-state index in [1.54, 1.807) is 0 Å². The van der Waals surface area contributed by atoms with Crippen molar-refractivity contribution >= 4 is 53.8 Å². The van der Waals surface area contributed by atoms with Crippen molar-refractivity contribution in [3.05, 3.63) is 59.8 Å². The van der Waals surface area contributed by atoms with Gasteiger partial charge in [-0.1, -0.05) is 51.1 Å². The van der Waals surface area contributed by atoms with Crippen LogP contribution < -0.4 is 5.73 Å². The third-order valence-corrected chi connectivity index (χ3v) is 6.47. The predicted molar refractivity (Wildman–Crippen MR) is 147 cm³/mol. The van der Waals surface area contributed by atoms with Crippen LogP contribution in [0.25, 0.3) is 28.1 Å². The van der Waals surface area contributed by atoms with E-state index in [0.29, 0.717) is 6.04 Å². The number of halogens is 3. The van der Waals surface area contributed by atoms with Crippen LogP contribution in [0.2, 0.25) is 0 Å². The number of fused-ring (bicyclic) bond motifs is 2. The molecule has 0 amide bonds. The smallest absolute Gasteiger partial charge is 0.187 e. The topological polar surface area (TPSA) is 72.3 Å². The summed E-state index contributed by atoms with van der Waals surface area (Å²) in [6, 6.07) is 15.3. The molecule has 0 radical (unpaired) electrons. The lowest BCUT2D eigenvalue weighted by Crippen LogP contribution is -2.28. The fourth-order valence-corrected chi connectivity index (χ4v) is 4.58. The molecule has 9 heteroatoms. The van der Waals surface area contributed by atoms with E-state index in [2.05, 4.69) is 83.7 Å². The number of nitrogens with two attached hydrogens (primary N) is 1. The Labute approximate surface area is 219 Å². The van der Waals surface area contributed by atoms with Gasteiger partial charge in [-0.25, -0.2) is 4.98 Å². The van der Waals surface area contributed by atoms with Gasteiger partial charge >= 0.3 is 0 Å². The molecule has 34 heavy (non-hydrogen) atoms. The Bertz CT molecular complexity index is 1270. The van der Waals surface area contributed by atoms with Crippen LogP contribution >= 0.6 is 37.2 Å². The van der Waals surface area contributed by atoms with Crippen LogP contribution in [0.15, 0.2) is 48.7 Å². The highest BCUT2D eigenvalue weighted by Gasteiger charge is 2.25. The number of benzene rings is 1. The zero-order valence-corrected chi connectivity index (χ0v) is 22.4. The number of para-hydroxylation sites is 1. The minimum atomic E-state index is 0.